The van der Waals surface area contributed by atoms with E-state index in [1.54, 1.807) is 6.07 Å². The van der Waals surface area contributed by atoms with E-state index in [9.17, 15) is 14.4 Å². The Morgan fingerprint density at radius 3 is 2.64 bits per heavy atom. The molecule has 2 atom stereocenters. The van der Waals surface area contributed by atoms with Crippen LogP contribution in [0.3, 0.4) is 0 Å². The van der Waals surface area contributed by atoms with E-state index in [1.807, 2.05) is 26.0 Å². The molecule has 0 aromatic heterocycles. The molecule has 0 spiro atoms. The lowest BCUT2D eigenvalue weighted by atomic mass is 9.99. The van der Waals surface area contributed by atoms with Crippen LogP contribution in [0, 0.1) is 19.8 Å². The molecule has 2 heterocycles. The quantitative estimate of drug-likeness (QED) is 0.627. The van der Waals surface area contributed by atoms with Gasteiger partial charge in [0.15, 0.2) is 5.71 Å². The van der Waals surface area contributed by atoms with Crippen molar-refractivity contribution in [1.82, 2.24) is 5.43 Å². The third-order valence-electron chi connectivity index (χ3n) is 3.91. The highest BCUT2D eigenvalue weighted by molar-refractivity contribution is 6.46. The maximum absolute atomic E-state index is 12.6. The Balaban J connectivity index is 2.00. The molecule has 114 valence electrons. The molecular weight excluding hydrogens is 286 g/mol. The molecule has 1 N–H and O–H groups in total. The third-order valence-corrected chi connectivity index (χ3v) is 3.91. The molecule has 1 aromatic rings. The number of aryl methyl sites for hydroxylation is 2. The highest BCUT2D eigenvalue weighted by atomic mass is 16.5. The zero-order valence-corrected chi connectivity index (χ0v) is 12.4. The minimum Gasteiger partial charge on any atom is -0.464 e. The summed E-state index contributed by atoms with van der Waals surface area (Å²) in [5.41, 5.74) is 4.90. The maximum Gasteiger partial charge on any atom is 0.355 e. The Bertz CT molecular complexity index is 725. The van der Waals surface area contributed by atoms with Gasteiger partial charge in [0, 0.05) is 0 Å². The van der Waals surface area contributed by atoms with Crippen LogP contribution in [0.4, 0.5) is 5.69 Å². The Hall–Kier alpha value is -2.70. The first-order valence-electron chi connectivity index (χ1n) is 6.82. The molecular formula is C15H15N3O4. The lowest BCUT2D eigenvalue weighted by molar-refractivity contribution is -0.133. The second-order valence-electron chi connectivity index (χ2n) is 5.37. The van der Waals surface area contributed by atoms with Crippen LogP contribution in [0.5, 0.6) is 0 Å². The Kier molecular flexibility index (Phi) is 3.20. The number of benzene rings is 1. The first-order valence-corrected chi connectivity index (χ1v) is 6.82. The molecule has 0 saturated carbocycles. The van der Waals surface area contributed by atoms with Gasteiger partial charge in [-0.1, -0.05) is 17.7 Å². The Morgan fingerprint density at radius 2 is 2.00 bits per heavy atom. The zero-order chi connectivity index (χ0) is 16.0. The number of anilines is 1. The number of carbonyl (C=O) groups excluding carboxylic acids is 3. The number of rotatable bonds is 2. The average Bonchev–Trinajstić information content (AvgIpc) is 3.01. The van der Waals surface area contributed by atoms with Crippen LogP contribution in [-0.2, 0) is 19.1 Å². The summed E-state index contributed by atoms with van der Waals surface area (Å²) in [6, 6.07) is 4.62. The first kappa shape index (κ1) is 14.2. The van der Waals surface area contributed by atoms with Crippen LogP contribution in [0.25, 0.3) is 0 Å². The highest BCUT2D eigenvalue weighted by Crippen LogP contribution is 2.32. The van der Waals surface area contributed by atoms with E-state index >= 15 is 0 Å². The van der Waals surface area contributed by atoms with E-state index in [-0.39, 0.29) is 5.71 Å². The van der Waals surface area contributed by atoms with Gasteiger partial charge in [-0.3, -0.25) is 15.0 Å². The van der Waals surface area contributed by atoms with Crippen LogP contribution in [0.15, 0.2) is 23.3 Å². The lowest BCUT2D eigenvalue weighted by Gasteiger charge is -2.18. The smallest absolute Gasteiger partial charge is 0.355 e. The third kappa shape index (κ3) is 1.89. The SMILES string of the molecule is COC(=O)C1=NNC2C(=O)N(c3ccc(C)cc3C)C(=O)C12. The summed E-state index contributed by atoms with van der Waals surface area (Å²) >= 11 is 0. The number of nitrogens with one attached hydrogen (secondary N) is 1. The van der Waals surface area contributed by atoms with Crippen molar-refractivity contribution in [2.24, 2.45) is 11.0 Å². The monoisotopic (exact) mass is 301 g/mol. The molecule has 2 aliphatic rings. The molecule has 0 radical (unpaired) electrons. The molecule has 3 rings (SSSR count). The molecule has 2 aliphatic heterocycles. The number of ether oxygens (including phenoxy) is 1. The fourth-order valence-electron chi connectivity index (χ4n) is 2.86. The molecule has 1 fully saturated rings. The van der Waals surface area contributed by atoms with Gasteiger partial charge >= 0.3 is 5.97 Å². The van der Waals surface area contributed by atoms with Gasteiger partial charge in [-0.05, 0) is 25.5 Å². The van der Waals surface area contributed by atoms with E-state index in [1.165, 1.54) is 7.11 Å². The summed E-state index contributed by atoms with van der Waals surface area (Å²) in [5, 5.41) is 3.78. The predicted molar refractivity (Wildman–Crippen MR) is 78.3 cm³/mol. The van der Waals surface area contributed by atoms with Crippen LogP contribution >= 0.6 is 0 Å². The minimum absolute atomic E-state index is 0.0573. The number of imide groups is 1. The van der Waals surface area contributed by atoms with Gasteiger partial charge in [0.25, 0.3) is 5.91 Å². The van der Waals surface area contributed by atoms with Crippen molar-refractivity contribution in [2.45, 2.75) is 19.9 Å². The molecule has 2 amide bonds. The lowest BCUT2D eigenvalue weighted by Crippen LogP contribution is -2.36. The summed E-state index contributed by atoms with van der Waals surface area (Å²) in [6.45, 7) is 3.77. The van der Waals surface area contributed by atoms with Gasteiger partial charge in [0.05, 0.1) is 12.8 Å². The van der Waals surface area contributed by atoms with Gasteiger partial charge in [0.1, 0.15) is 12.0 Å². The van der Waals surface area contributed by atoms with E-state index in [4.69, 9.17) is 0 Å². The average molecular weight is 301 g/mol. The van der Waals surface area contributed by atoms with Crippen molar-refractivity contribution in [3.05, 3.63) is 29.3 Å². The van der Waals surface area contributed by atoms with Gasteiger partial charge < -0.3 is 4.74 Å². The van der Waals surface area contributed by atoms with Crippen molar-refractivity contribution in [2.75, 3.05) is 12.0 Å². The van der Waals surface area contributed by atoms with Crippen LogP contribution in [0.1, 0.15) is 11.1 Å². The van der Waals surface area contributed by atoms with Gasteiger partial charge in [-0.2, -0.15) is 5.10 Å². The molecule has 1 aromatic carbocycles. The Labute approximate surface area is 126 Å². The molecule has 22 heavy (non-hydrogen) atoms. The predicted octanol–water partition coefficient (Wildman–Crippen LogP) is 0.294. The van der Waals surface area contributed by atoms with Crippen LogP contribution in [-0.4, -0.2) is 36.6 Å². The number of hydrogen-bond acceptors (Lipinski definition) is 6. The second kappa shape index (κ2) is 4.94. The number of methoxy groups -OCH3 is 1. The van der Waals surface area contributed by atoms with Crippen LogP contribution in [0.2, 0.25) is 0 Å². The summed E-state index contributed by atoms with van der Waals surface area (Å²) < 4.78 is 4.61. The standard InChI is InChI=1S/C15H15N3O4/c1-7-4-5-9(8(2)6-7)18-13(19)10-11(14(18)20)16-17-12(10)15(21)22-3/h4-6,10-11,16H,1-3H3. The van der Waals surface area contributed by atoms with E-state index < -0.39 is 29.7 Å². The van der Waals surface area contributed by atoms with Crippen molar-refractivity contribution < 1.29 is 19.1 Å². The summed E-state index contributed by atoms with van der Waals surface area (Å²) in [5.74, 6) is -2.51. The Morgan fingerprint density at radius 1 is 1.27 bits per heavy atom. The normalized spacial score (nSPS) is 23.2. The molecule has 2 unspecified atom stereocenters. The highest BCUT2D eigenvalue weighted by Gasteiger charge is 2.55. The number of esters is 1. The molecule has 0 aliphatic carbocycles. The van der Waals surface area contributed by atoms with Gasteiger partial charge in [-0.25, -0.2) is 9.69 Å². The number of hydrogen-bond donors (Lipinski definition) is 1. The second-order valence-corrected chi connectivity index (χ2v) is 5.37. The number of hydrazone groups is 1. The van der Waals surface area contributed by atoms with Crippen molar-refractivity contribution in [3.63, 3.8) is 0 Å². The summed E-state index contributed by atoms with van der Waals surface area (Å²) in [7, 11) is 1.21. The molecule has 1 saturated heterocycles. The minimum atomic E-state index is -0.930. The van der Waals surface area contributed by atoms with E-state index in [0.29, 0.717) is 5.69 Å². The molecule has 7 nitrogen and oxygen atoms in total. The number of carbonyl (C=O) groups is 3. The maximum atomic E-state index is 12.6. The molecule has 7 heteroatoms. The largest absolute Gasteiger partial charge is 0.464 e. The number of nitrogens with zero attached hydrogens (tertiary/aromatic N) is 2. The van der Waals surface area contributed by atoms with Crippen molar-refractivity contribution in [3.8, 4) is 0 Å². The van der Waals surface area contributed by atoms with Gasteiger partial charge in [0.2, 0.25) is 5.91 Å². The van der Waals surface area contributed by atoms with E-state index in [0.717, 1.165) is 16.0 Å². The van der Waals surface area contributed by atoms with Gasteiger partial charge in [-0.15, -0.1) is 0 Å². The summed E-state index contributed by atoms with van der Waals surface area (Å²) in [4.78, 5) is 38.0. The fourth-order valence-corrected chi connectivity index (χ4v) is 2.86. The fraction of sp³-hybridized carbons (Fsp3) is 0.333. The van der Waals surface area contributed by atoms with Crippen molar-refractivity contribution in [1.29, 1.82) is 0 Å². The topological polar surface area (TPSA) is 88.1 Å². The van der Waals surface area contributed by atoms with Crippen molar-refractivity contribution >= 4 is 29.2 Å². The summed E-state index contributed by atoms with van der Waals surface area (Å²) in [6.07, 6.45) is 0. The zero-order valence-electron chi connectivity index (χ0n) is 12.4. The molecule has 0 bridgehead atoms. The first-order chi connectivity index (χ1) is 10.5. The van der Waals surface area contributed by atoms with Crippen LogP contribution < -0.4 is 10.3 Å². The van der Waals surface area contributed by atoms with E-state index in [2.05, 4.69) is 15.3 Å². The number of fused-ring (bicyclic) bond motifs is 1. The number of amides is 2.